The third-order valence-electron chi connectivity index (χ3n) is 19.3. The van der Waals surface area contributed by atoms with Gasteiger partial charge in [-0.3, -0.25) is 37.3 Å². The van der Waals surface area contributed by atoms with E-state index < -0.39 is 97.5 Å². The molecule has 0 radical (unpaired) electrons. The van der Waals surface area contributed by atoms with Gasteiger partial charge in [-0.05, 0) is 49.4 Å². The number of unbranched alkanes of at least 4 members (excludes halogenated alkanes) is 41. The second kappa shape index (κ2) is 69.1. The summed E-state index contributed by atoms with van der Waals surface area (Å²) in [7, 11) is -9.92. The monoisotopic (exact) mass is 1450 g/mol. The Hall–Kier alpha value is -1.94. The number of ether oxygens (including phenoxy) is 4. The normalized spacial score (nSPS) is 14.6. The SMILES string of the molecule is CCC(C)CCCCCCCCCCCCCCCCC(=O)OC[C@H](COP(=O)(O)OCC(O)COP(=O)(O)OC[C@@H](COC(=O)CCCCCCCCCC(C)C)OC(=O)CCCCCCCCCCCCC(C)CC)OC(=O)CCCCCCCCCCCCCCCCC(C)C. The van der Waals surface area contributed by atoms with Crippen LogP contribution in [-0.4, -0.2) is 96.7 Å². The van der Waals surface area contributed by atoms with Crippen LogP contribution in [0.4, 0.5) is 0 Å². The Morgan fingerprint density at radius 1 is 0.283 bits per heavy atom. The summed E-state index contributed by atoms with van der Waals surface area (Å²) in [6.07, 6.45) is 55.4. The van der Waals surface area contributed by atoms with Crippen LogP contribution in [-0.2, 0) is 65.4 Å². The highest BCUT2D eigenvalue weighted by Gasteiger charge is 2.30. The molecule has 0 aliphatic heterocycles. The first-order valence-corrected chi connectivity index (χ1v) is 44.3. The number of phosphoric ester groups is 2. The molecule has 588 valence electrons. The highest BCUT2D eigenvalue weighted by molar-refractivity contribution is 7.47. The molecule has 0 aromatic carbocycles. The van der Waals surface area contributed by atoms with Gasteiger partial charge >= 0.3 is 39.5 Å². The van der Waals surface area contributed by atoms with Gasteiger partial charge in [0.15, 0.2) is 12.2 Å². The molecule has 0 bridgehead atoms. The zero-order chi connectivity index (χ0) is 73.1. The van der Waals surface area contributed by atoms with Crippen LogP contribution in [0, 0.1) is 23.7 Å². The standard InChI is InChI=1S/C80H156O17P2/c1-9-72(7)58-50-42-34-26-20-16-12-14-17-21-28-36-44-52-60-77(82)90-66-75(96-79(84)62-54-46-37-29-22-18-13-11-15-19-25-32-40-48-56-70(3)4)68-94-98(86,87)92-64-74(81)65-93-99(88,89)95-69-76(67-91-78(83)61-53-45-39-31-33-41-49-57-71(5)6)97-80(85)63-55-47-38-30-24-23-27-35-43-51-59-73(8)10-2/h70-76,81H,9-69H2,1-8H3,(H,86,87)(H,88,89)/t72?,73?,74?,75-,76-/m1/s1. The van der Waals surface area contributed by atoms with Gasteiger partial charge in [-0.25, -0.2) is 9.13 Å². The van der Waals surface area contributed by atoms with Crippen molar-refractivity contribution in [3.8, 4) is 0 Å². The molecule has 0 saturated carbocycles. The predicted molar refractivity (Wildman–Crippen MR) is 404 cm³/mol. The van der Waals surface area contributed by atoms with E-state index in [1.807, 2.05) is 0 Å². The molecule has 0 aromatic heterocycles. The molecule has 0 amide bonds. The van der Waals surface area contributed by atoms with Crippen molar-refractivity contribution in [1.82, 2.24) is 0 Å². The summed E-state index contributed by atoms with van der Waals surface area (Å²) in [6.45, 7) is 14.3. The lowest BCUT2D eigenvalue weighted by Gasteiger charge is -2.21. The molecule has 0 rings (SSSR count). The summed E-state index contributed by atoms with van der Waals surface area (Å²) in [6, 6.07) is 0. The highest BCUT2D eigenvalue weighted by atomic mass is 31.2. The Morgan fingerprint density at radius 3 is 0.717 bits per heavy atom. The van der Waals surface area contributed by atoms with Crippen LogP contribution in [0.3, 0.4) is 0 Å². The molecule has 5 unspecified atom stereocenters. The van der Waals surface area contributed by atoms with E-state index in [1.54, 1.807) is 0 Å². The molecule has 0 heterocycles. The van der Waals surface area contributed by atoms with E-state index in [2.05, 4.69) is 55.4 Å². The number of phosphoric acid groups is 2. The molecule has 99 heavy (non-hydrogen) atoms. The Morgan fingerprint density at radius 2 is 0.485 bits per heavy atom. The Balaban J connectivity index is 5.25. The summed E-state index contributed by atoms with van der Waals surface area (Å²) in [5.74, 6) is 1.04. The summed E-state index contributed by atoms with van der Waals surface area (Å²) in [4.78, 5) is 73.0. The molecular formula is C80H156O17P2. The van der Waals surface area contributed by atoms with Gasteiger partial charge in [0.05, 0.1) is 26.4 Å². The van der Waals surface area contributed by atoms with Crippen molar-refractivity contribution in [2.75, 3.05) is 39.6 Å². The van der Waals surface area contributed by atoms with E-state index in [9.17, 15) is 43.2 Å². The fourth-order valence-electron chi connectivity index (χ4n) is 12.2. The van der Waals surface area contributed by atoms with Gasteiger partial charge in [0.2, 0.25) is 0 Å². The van der Waals surface area contributed by atoms with Crippen molar-refractivity contribution < 1.29 is 80.2 Å². The summed E-state index contributed by atoms with van der Waals surface area (Å²) >= 11 is 0. The molecule has 19 heteroatoms. The molecule has 7 atom stereocenters. The average molecular weight is 1450 g/mol. The molecule has 0 saturated heterocycles. The summed E-state index contributed by atoms with van der Waals surface area (Å²) < 4.78 is 68.7. The first-order valence-electron chi connectivity index (χ1n) is 41.3. The van der Waals surface area contributed by atoms with E-state index in [-0.39, 0.29) is 25.7 Å². The van der Waals surface area contributed by atoms with Crippen molar-refractivity contribution in [2.24, 2.45) is 23.7 Å². The van der Waals surface area contributed by atoms with Crippen molar-refractivity contribution in [2.45, 2.75) is 427 Å². The van der Waals surface area contributed by atoms with Crippen LogP contribution in [0.15, 0.2) is 0 Å². The number of esters is 4. The van der Waals surface area contributed by atoms with E-state index in [0.717, 1.165) is 114 Å². The molecular weight excluding hydrogens is 1290 g/mol. The Kier molecular flexibility index (Phi) is 67.8. The molecule has 0 fully saturated rings. The number of hydrogen-bond donors (Lipinski definition) is 3. The Labute approximate surface area is 607 Å². The second-order valence-electron chi connectivity index (χ2n) is 30.2. The number of hydrogen-bond acceptors (Lipinski definition) is 15. The largest absolute Gasteiger partial charge is 0.472 e. The van der Waals surface area contributed by atoms with Gasteiger partial charge in [-0.2, -0.15) is 0 Å². The van der Waals surface area contributed by atoms with E-state index >= 15 is 0 Å². The minimum Gasteiger partial charge on any atom is -0.462 e. The van der Waals surface area contributed by atoms with Crippen molar-refractivity contribution in [3.05, 3.63) is 0 Å². The first-order chi connectivity index (χ1) is 47.7. The minimum absolute atomic E-state index is 0.105. The van der Waals surface area contributed by atoms with Crippen LogP contribution in [0.5, 0.6) is 0 Å². The van der Waals surface area contributed by atoms with Gasteiger partial charge in [-0.1, -0.05) is 357 Å². The maximum atomic E-state index is 13.1. The lowest BCUT2D eigenvalue weighted by atomic mass is 9.99. The molecule has 0 aliphatic rings. The molecule has 0 spiro atoms. The van der Waals surface area contributed by atoms with Gasteiger partial charge in [0.25, 0.3) is 0 Å². The van der Waals surface area contributed by atoms with Gasteiger partial charge < -0.3 is 33.8 Å². The summed E-state index contributed by atoms with van der Waals surface area (Å²) in [5.41, 5.74) is 0. The zero-order valence-electron chi connectivity index (χ0n) is 65.1. The lowest BCUT2D eigenvalue weighted by molar-refractivity contribution is -0.161. The van der Waals surface area contributed by atoms with E-state index in [0.29, 0.717) is 31.6 Å². The zero-order valence-corrected chi connectivity index (χ0v) is 66.9. The maximum Gasteiger partial charge on any atom is 0.472 e. The third-order valence-corrected chi connectivity index (χ3v) is 21.2. The topological polar surface area (TPSA) is 237 Å². The number of carbonyl (C=O) groups excluding carboxylic acids is 4. The number of rotatable bonds is 77. The van der Waals surface area contributed by atoms with Crippen LogP contribution in [0.2, 0.25) is 0 Å². The average Bonchev–Trinajstić information content (AvgIpc) is 1.27. The molecule has 3 N–H and O–H groups in total. The Bertz CT molecular complexity index is 1940. The predicted octanol–water partition coefficient (Wildman–Crippen LogP) is 23.6. The first kappa shape index (κ1) is 97.1. The molecule has 0 aliphatic carbocycles. The van der Waals surface area contributed by atoms with Crippen LogP contribution < -0.4 is 0 Å². The maximum absolute atomic E-state index is 13.1. The van der Waals surface area contributed by atoms with Crippen LogP contribution in [0.25, 0.3) is 0 Å². The van der Waals surface area contributed by atoms with Gasteiger partial charge in [0, 0.05) is 25.7 Å². The molecule has 17 nitrogen and oxygen atoms in total. The number of aliphatic hydroxyl groups excluding tert-OH is 1. The number of aliphatic hydroxyl groups is 1. The lowest BCUT2D eigenvalue weighted by Crippen LogP contribution is -2.30. The fourth-order valence-corrected chi connectivity index (χ4v) is 13.8. The fraction of sp³-hybridized carbons (Fsp3) is 0.950. The smallest absolute Gasteiger partial charge is 0.462 e. The van der Waals surface area contributed by atoms with E-state index in [4.69, 9.17) is 37.0 Å². The van der Waals surface area contributed by atoms with Gasteiger partial charge in [0.1, 0.15) is 19.3 Å². The second-order valence-corrected chi connectivity index (χ2v) is 33.1. The van der Waals surface area contributed by atoms with Crippen molar-refractivity contribution >= 4 is 39.5 Å². The van der Waals surface area contributed by atoms with Crippen molar-refractivity contribution in [1.29, 1.82) is 0 Å². The number of carbonyl (C=O) groups is 4. The van der Waals surface area contributed by atoms with Crippen LogP contribution >= 0.6 is 15.6 Å². The van der Waals surface area contributed by atoms with Crippen LogP contribution in [0.1, 0.15) is 409 Å². The molecule has 0 aromatic rings. The third kappa shape index (κ3) is 71.5. The quantitative estimate of drug-likeness (QED) is 0.0222. The highest BCUT2D eigenvalue weighted by Crippen LogP contribution is 2.45. The summed E-state index contributed by atoms with van der Waals surface area (Å²) in [5, 5.41) is 10.6. The van der Waals surface area contributed by atoms with E-state index in [1.165, 1.54) is 205 Å². The minimum atomic E-state index is -4.96. The van der Waals surface area contributed by atoms with Gasteiger partial charge in [-0.15, -0.1) is 0 Å². The van der Waals surface area contributed by atoms with Crippen molar-refractivity contribution in [3.63, 3.8) is 0 Å².